The Bertz CT molecular complexity index is 402. The lowest BCUT2D eigenvalue weighted by molar-refractivity contribution is 0.232. The lowest BCUT2D eigenvalue weighted by Gasteiger charge is -2.11. The first-order chi connectivity index (χ1) is 7.16. The Hall–Kier alpha value is -1.56. The summed E-state index contributed by atoms with van der Waals surface area (Å²) in [6.07, 6.45) is 1.95. The number of rotatable bonds is 3. The van der Waals surface area contributed by atoms with Gasteiger partial charge in [0, 0.05) is 6.07 Å². The third kappa shape index (κ3) is 1.94. The molecule has 0 saturated heterocycles. The van der Waals surface area contributed by atoms with E-state index in [1.165, 1.54) is 0 Å². The molecule has 0 unspecified atom stereocenters. The van der Waals surface area contributed by atoms with E-state index >= 15 is 0 Å². The highest BCUT2D eigenvalue weighted by atomic mass is 16.5. The van der Waals surface area contributed by atoms with Crippen LogP contribution in [0.2, 0.25) is 0 Å². The summed E-state index contributed by atoms with van der Waals surface area (Å²) in [5.41, 5.74) is 0.527. The number of aromatic nitrogens is 1. The first-order valence-corrected chi connectivity index (χ1v) is 5.22. The summed E-state index contributed by atoms with van der Waals surface area (Å²) in [6, 6.07) is 7.97. The molecule has 0 aromatic carbocycles. The van der Waals surface area contributed by atoms with Crippen molar-refractivity contribution in [3.05, 3.63) is 23.9 Å². The van der Waals surface area contributed by atoms with Gasteiger partial charge in [-0.1, -0.05) is 6.07 Å². The maximum absolute atomic E-state index is 9.05. The Balaban J connectivity index is 2.24. The fourth-order valence-electron chi connectivity index (χ4n) is 1.54. The number of pyridine rings is 1. The highest BCUT2D eigenvalue weighted by Gasteiger charge is 2.46. The average Bonchev–Trinajstić information content (AvgIpc) is 2.97. The number of nitriles is 1. The number of nitrogens with zero attached hydrogens (tertiary/aromatic N) is 2. The summed E-state index contributed by atoms with van der Waals surface area (Å²) in [7, 11) is 0. The van der Waals surface area contributed by atoms with Gasteiger partial charge in [-0.15, -0.1) is 0 Å². The van der Waals surface area contributed by atoms with Crippen molar-refractivity contribution in [2.75, 3.05) is 0 Å². The van der Waals surface area contributed by atoms with E-state index in [0.29, 0.717) is 5.88 Å². The molecule has 0 N–H and O–H groups in total. The van der Waals surface area contributed by atoms with E-state index in [1.807, 2.05) is 32.0 Å². The van der Waals surface area contributed by atoms with Crippen molar-refractivity contribution >= 4 is 0 Å². The predicted molar refractivity (Wildman–Crippen MR) is 56.5 cm³/mol. The van der Waals surface area contributed by atoms with Gasteiger partial charge < -0.3 is 4.74 Å². The van der Waals surface area contributed by atoms with Crippen molar-refractivity contribution < 1.29 is 4.74 Å². The molecule has 0 amide bonds. The Labute approximate surface area is 89.7 Å². The molecule has 0 bridgehead atoms. The lowest BCUT2D eigenvalue weighted by Crippen LogP contribution is -2.10. The largest absolute Gasteiger partial charge is 0.475 e. The number of hydrogen-bond donors (Lipinski definition) is 0. The molecule has 1 aliphatic rings. The first-order valence-electron chi connectivity index (χ1n) is 5.22. The zero-order valence-corrected chi connectivity index (χ0v) is 9.03. The summed E-state index contributed by atoms with van der Waals surface area (Å²) >= 11 is 0. The standard InChI is InChI=1S/C12H14N2O/c1-9(2)15-11-5-3-4-10(14-11)12(8-13)6-7-12/h3-5,9H,6-7H2,1-2H3. The summed E-state index contributed by atoms with van der Waals surface area (Å²) in [6.45, 7) is 3.93. The Morgan fingerprint density at radius 2 is 2.20 bits per heavy atom. The van der Waals surface area contributed by atoms with Crippen LogP contribution < -0.4 is 4.74 Å². The van der Waals surface area contributed by atoms with Crippen LogP contribution in [0.5, 0.6) is 5.88 Å². The molecule has 2 rings (SSSR count). The van der Waals surface area contributed by atoms with Gasteiger partial charge >= 0.3 is 0 Å². The van der Waals surface area contributed by atoms with Gasteiger partial charge in [0.05, 0.1) is 23.3 Å². The van der Waals surface area contributed by atoms with Crippen LogP contribution in [-0.4, -0.2) is 11.1 Å². The van der Waals surface area contributed by atoms with Crippen molar-refractivity contribution in [2.45, 2.75) is 38.2 Å². The topological polar surface area (TPSA) is 45.9 Å². The van der Waals surface area contributed by atoms with Crippen LogP contribution in [0.25, 0.3) is 0 Å². The van der Waals surface area contributed by atoms with Crippen LogP contribution in [0.1, 0.15) is 32.4 Å². The highest BCUT2D eigenvalue weighted by molar-refractivity contribution is 5.35. The normalized spacial score (nSPS) is 17.2. The Morgan fingerprint density at radius 3 is 2.73 bits per heavy atom. The average molecular weight is 202 g/mol. The fourth-order valence-corrected chi connectivity index (χ4v) is 1.54. The van der Waals surface area contributed by atoms with E-state index in [0.717, 1.165) is 18.5 Å². The van der Waals surface area contributed by atoms with E-state index in [1.54, 1.807) is 0 Å². The second-order valence-electron chi connectivity index (χ2n) is 4.22. The maximum Gasteiger partial charge on any atom is 0.213 e. The molecule has 78 valence electrons. The van der Waals surface area contributed by atoms with E-state index in [9.17, 15) is 0 Å². The maximum atomic E-state index is 9.05. The van der Waals surface area contributed by atoms with Gasteiger partial charge in [0.25, 0.3) is 0 Å². The molecule has 3 heteroatoms. The summed E-state index contributed by atoms with van der Waals surface area (Å²) < 4.78 is 5.50. The van der Waals surface area contributed by atoms with E-state index in [-0.39, 0.29) is 11.5 Å². The molecule has 1 aliphatic carbocycles. The van der Waals surface area contributed by atoms with Gasteiger partial charge in [-0.05, 0) is 32.8 Å². The van der Waals surface area contributed by atoms with Crippen molar-refractivity contribution in [3.8, 4) is 11.9 Å². The molecule has 0 radical (unpaired) electrons. The molecule has 3 nitrogen and oxygen atoms in total. The van der Waals surface area contributed by atoms with Gasteiger partial charge in [-0.2, -0.15) is 5.26 Å². The van der Waals surface area contributed by atoms with Crippen LogP contribution in [0.3, 0.4) is 0 Å². The first kappa shape index (κ1) is 9.97. The molecule has 0 atom stereocenters. The molecule has 0 aliphatic heterocycles. The molecule has 1 aromatic heterocycles. The smallest absolute Gasteiger partial charge is 0.213 e. The molecule has 1 aromatic rings. The van der Waals surface area contributed by atoms with Crippen molar-refractivity contribution in [1.29, 1.82) is 5.26 Å². The molecule has 1 heterocycles. The van der Waals surface area contributed by atoms with Gasteiger partial charge in [-0.25, -0.2) is 4.98 Å². The van der Waals surface area contributed by atoms with Crippen LogP contribution in [0.15, 0.2) is 18.2 Å². The van der Waals surface area contributed by atoms with E-state index < -0.39 is 0 Å². The fraction of sp³-hybridized carbons (Fsp3) is 0.500. The molecule has 1 fully saturated rings. The van der Waals surface area contributed by atoms with Crippen LogP contribution in [0, 0.1) is 11.3 Å². The lowest BCUT2D eigenvalue weighted by atomic mass is 10.0. The SMILES string of the molecule is CC(C)Oc1cccc(C2(C#N)CC2)n1. The van der Waals surface area contributed by atoms with Gasteiger partial charge in [0.1, 0.15) is 0 Å². The number of hydrogen-bond acceptors (Lipinski definition) is 3. The summed E-state index contributed by atoms with van der Waals surface area (Å²) in [5, 5.41) is 9.05. The molecule has 15 heavy (non-hydrogen) atoms. The van der Waals surface area contributed by atoms with Crippen LogP contribution >= 0.6 is 0 Å². The summed E-state index contributed by atoms with van der Waals surface area (Å²) in [4.78, 5) is 4.37. The quantitative estimate of drug-likeness (QED) is 0.756. The van der Waals surface area contributed by atoms with Gasteiger partial charge in [0.2, 0.25) is 5.88 Å². The third-order valence-electron chi connectivity index (χ3n) is 2.53. The highest BCUT2D eigenvalue weighted by Crippen LogP contribution is 2.46. The minimum Gasteiger partial charge on any atom is -0.475 e. The van der Waals surface area contributed by atoms with Crippen LogP contribution in [-0.2, 0) is 5.41 Å². The monoisotopic (exact) mass is 202 g/mol. The molecular formula is C12H14N2O. The zero-order chi connectivity index (χ0) is 10.9. The van der Waals surface area contributed by atoms with E-state index in [4.69, 9.17) is 10.00 Å². The van der Waals surface area contributed by atoms with Crippen molar-refractivity contribution in [3.63, 3.8) is 0 Å². The Morgan fingerprint density at radius 1 is 1.47 bits per heavy atom. The summed E-state index contributed by atoms with van der Waals surface area (Å²) in [5.74, 6) is 0.615. The van der Waals surface area contributed by atoms with Crippen molar-refractivity contribution in [2.24, 2.45) is 0 Å². The Kier molecular flexibility index (Phi) is 2.36. The molecular weight excluding hydrogens is 188 g/mol. The zero-order valence-electron chi connectivity index (χ0n) is 9.03. The second kappa shape index (κ2) is 3.54. The van der Waals surface area contributed by atoms with Gasteiger partial charge in [0.15, 0.2) is 0 Å². The van der Waals surface area contributed by atoms with Gasteiger partial charge in [-0.3, -0.25) is 0 Å². The third-order valence-corrected chi connectivity index (χ3v) is 2.53. The second-order valence-corrected chi connectivity index (χ2v) is 4.22. The minimum absolute atomic E-state index is 0.116. The number of ether oxygens (including phenoxy) is 1. The van der Waals surface area contributed by atoms with Crippen molar-refractivity contribution in [1.82, 2.24) is 4.98 Å². The molecule has 1 saturated carbocycles. The van der Waals surface area contributed by atoms with Crippen LogP contribution in [0.4, 0.5) is 0 Å². The molecule has 0 spiro atoms. The van der Waals surface area contributed by atoms with E-state index in [2.05, 4.69) is 11.1 Å². The minimum atomic E-state index is -0.323. The predicted octanol–water partition coefficient (Wildman–Crippen LogP) is 2.42.